The van der Waals surface area contributed by atoms with E-state index in [1.54, 1.807) is 24.7 Å². The van der Waals surface area contributed by atoms with Gasteiger partial charge in [0.2, 0.25) is 0 Å². The van der Waals surface area contributed by atoms with Crippen molar-refractivity contribution in [3.05, 3.63) is 30.9 Å². The van der Waals surface area contributed by atoms with E-state index in [2.05, 4.69) is 20.2 Å². The Hall–Kier alpha value is -2.04. The van der Waals surface area contributed by atoms with Gasteiger partial charge in [0.25, 0.3) is 0 Å². The van der Waals surface area contributed by atoms with Crippen molar-refractivity contribution in [3.63, 3.8) is 0 Å². The summed E-state index contributed by atoms with van der Waals surface area (Å²) in [5.41, 5.74) is 7.05. The maximum Gasteiger partial charge on any atom is 0.142 e. The number of anilines is 1. The van der Waals surface area contributed by atoms with Crippen molar-refractivity contribution in [2.75, 3.05) is 5.73 Å². The fourth-order valence-electron chi connectivity index (χ4n) is 0.962. The van der Waals surface area contributed by atoms with E-state index in [-0.39, 0.29) is 0 Å². The molecule has 5 nitrogen and oxygen atoms in total. The number of hydrogen-bond acceptors (Lipinski definition) is 5. The van der Waals surface area contributed by atoms with Crippen molar-refractivity contribution in [1.82, 2.24) is 20.2 Å². The highest BCUT2D eigenvalue weighted by Crippen LogP contribution is 2.13. The number of nitrogen functional groups attached to an aromatic ring is 1. The van der Waals surface area contributed by atoms with Gasteiger partial charge in [-0.15, -0.1) is 0 Å². The molecule has 2 rings (SSSR count). The second-order valence-corrected chi connectivity index (χ2v) is 2.46. The zero-order chi connectivity index (χ0) is 9.10. The average Bonchev–Trinajstić information content (AvgIpc) is 2.19. The third-order valence-electron chi connectivity index (χ3n) is 1.53. The maximum absolute atomic E-state index is 5.49. The number of hydrogen-bond donors (Lipinski definition) is 1. The molecule has 0 fully saturated rings. The van der Waals surface area contributed by atoms with Crippen molar-refractivity contribution in [3.8, 4) is 11.3 Å². The molecule has 0 amide bonds. The van der Waals surface area contributed by atoms with Crippen LogP contribution in [0, 0.1) is 0 Å². The number of aromatic nitrogens is 4. The zero-order valence-corrected chi connectivity index (χ0v) is 6.75. The van der Waals surface area contributed by atoms with Gasteiger partial charge in [-0.05, 0) is 6.07 Å². The largest absolute Gasteiger partial charge is 0.382 e. The molecule has 0 saturated carbocycles. The van der Waals surface area contributed by atoms with Gasteiger partial charge < -0.3 is 5.73 Å². The predicted molar refractivity (Wildman–Crippen MR) is 47.5 cm³/mol. The molecule has 0 aromatic carbocycles. The quantitative estimate of drug-likeness (QED) is 0.680. The molecule has 0 bridgehead atoms. The van der Waals surface area contributed by atoms with Gasteiger partial charge in [0.05, 0.1) is 30.5 Å². The summed E-state index contributed by atoms with van der Waals surface area (Å²) in [5.74, 6) is 0.398. The molecule has 2 N–H and O–H groups in total. The van der Waals surface area contributed by atoms with E-state index in [0.29, 0.717) is 11.5 Å². The Morgan fingerprint density at radius 1 is 1.08 bits per heavy atom. The van der Waals surface area contributed by atoms with E-state index in [4.69, 9.17) is 5.73 Å². The first-order chi connectivity index (χ1) is 6.36. The maximum atomic E-state index is 5.49. The summed E-state index contributed by atoms with van der Waals surface area (Å²) in [5, 5.41) is 7.40. The van der Waals surface area contributed by atoms with Crippen LogP contribution in [0.15, 0.2) is 30.9 Å². The van der Waals surface area contributed by atoms with Gasteiger partial charge in [-0.2, -0.15) is 10.2 Å². The topological polar surface area (TPSA) is 77.6 Å². The van der Waals surface area contributed by atoms with E-state index < -0.39 is 0 Å². The molecule has 0 radical (unpaired) electrons. The molecule has 0 aliphatic rings. The summed E-state index contributed by atoms with van der Waals surface area (Å²) in [6.07, 6.45) is 6.34. The van der Waals surface area contributed by atoms with Crippen LogP contribution in [0.25, 0.3) is 11.3 Å². The summed E-state index contributed by atoms with van der Waals surface area (Å²) < 4.78 is 0. The summed E-state index contributed by atoms with van der Waals surface area (Å²) in [6.45, 7) is 0. The number of nitrogens with zero attached hydrogens (tertiary/aromatic N) is 4. The van der Waals surface area contributed by atoms with Crippen LogP contribution in [0.5, 0.6) is 0 Å². The minimum Gasteiger partial charge on any atom is -0.382 e. The van der Waals surface area contributed by atoms with Gasteiger partial charge in [-0.1, -0.05) is 0 Å². The van der Waals surface area contributed by atoms with Gasteiger partial charge >= 0.3 is 0 Å². The molecule has 0 atom stereocenters. The van der Waals surface area contributed by atoms with Crippen LogP contribution in [0.3, 0.4) is 0 Å². The summed E-state index contributed by atoms with van der Waals surface area (Å²) >= 11 is 0. The fourth-order valence-corrected chi connectivity index (χ4v) is 0.962. The summed E-state index contributed by atoms with van der Waals surface area (Å²) in [6, 6.07) is 1.80. The molecular formula is C8H7N5. The van der Waals surface area contributed by atoms with Gasteiger partial charge in [0.15, 0.2) is 0 Å². The molecule has 13 heavy (non-hydrogen) atoms. The second-order valence-electron chi connectivity index (χ2n) is 2.46. The Morgan fingerprint density at radius 2 is 2.00 bits per heavy atom. The van der Waals surface area contributed by atoms with Crippen LogP contribution in [0.1, 0.15) is 0 Å². The number of nitrogens with two attached hydrogens (primary N) is 1. The first-order valence-corrected chi connectivity index (χ1v) is 3.71. The van der Waals surface area contributed by atoms with E-state index >= 15 is 0 Å². The van der Waals surface area contributed by atoms with E-state index in [1.807, 2.05) is 0 Å². The van der Waals surface area contributed by atoms with E-state index in [9.17, 15) is 0 Å². The second kappa shape index (κ2) is 3.14. The van der Waals surface area contributed by atoms with Gasteiger partial charge in [0.1, 0.15) is 5.82 Å². The monoisotopic (exact) mass is 173 g/mol. The molecular weight excluding hydrogens is 166 g/mol. The van der Waals surface area contributed by atoms with Crippen LogP contribution >= 0.6 is 0 Å². The van der Waals surface area contributed by atoms with Gasteiger partial charge in [0, 0.05) is 5.56 Å². The van der Waals surface area contributed by atoms with Gasteiger partial charge in [-0.3, -0.25) is 4.98 Å². The molecule has 0 unspecified atom stereocenters. The van der Waals surface area contributed by atoms with Crippen molar-refractivity contribution < 1.29 is 0 Å². The number of rotatable bonds is 1. The molecule has 5 heteroatoms. The van der Waals surface area contributed by atoms with Crippen molar-refractivity contribution in [1.29, 1.82) is 0 Å². The first-order valence-electron chi connectivity index (χ1n) is 3.71. The third-order valence-corrected chi connectivity index (χ3v) is 1.53. The van der Waals surface area contributed by atoms with E-state index in [1.165, 1.54) is 6.20 Å². The van der Waals surface area contributed by atoms with Crippen molar-refractivity contribution >= 4 is 5.82 Å². The molecule has 0 aliphatic carbocycles. The molecule has 0 spiro atoms. The lowest BCUT2D eigenvalue weighted by atomic mass is 10.2. The molecule has 2 aromatic heterocycles. The summed E-state index contributed by atoms with van der Waals surface area (Å²) in [7, 11) is 0. The lowest BCUT2D eigenvalue weighted by Crippen LogP contribution is -1.93. The Kier molecular flexibility index (Phi) is 1.84. The third kappa shape index (κ3) is 1.58. The smallest absolute Gasteiger partial charge is 0.142 e. The van der Waals surface area contributed by atoms with Crippen molar-refractivity contribution in [2.45, 2.75) is 0 Å². The van der Waals surface area contributed by atoms with E-state index in [0.717, 1.165) is 5.56 Å². The van der Waals surface area contributed by atoms with Crippen LogP contribution < -0.4 is 5.73 Å². The SMILES string of the molecule is Nc1cncc(-c2ccnnc2)n1. The molecule has 2 heterocycles. The van der Waals surface area contributed by atoms with Crippen molar-refractivity contribution in [2.24, 2.45) is 0 Å². The lowest BCUT2D eigenvalue weighted by molar-refractivity contribution is 1.03. The van der Waals surface area contributed by atoms with Crippen LogP contribution in [0.4, 0.5) is 5.82 Å². The molecule has 0 saturated heterocycles. The van der Waals surface area contributed by atoms with Crippen LogP contribution in [0.2, 0.25) is 0 Å². The highest BCUT2D eigenvalue weighted by Gasteiger charge is 1.98. The molecule has 64 valence electrons. The van der Waals surface area contributed by atoms with Crippen LogP contribution in [-0.4, -0.2) is 20.2 Å². The zero-order valence-electron chi connectivity index (χ0n) is 6.75. The minimum atomic E-state index is 0.398. The van der Waals surface area contributed by atoms with Crippen LogP contribution in [-0.2, 0) is 0 Å². The Morgan fingerprint density at radius 3 is 2.69 bits per heavy atom. The Bertz CT molecular complexity index is 400. The molecule has 2 aromatic rings. The average molecular weight is 173 g/mol. The summed E-state index contributed by atoms with van der Waals surface area (Å²) in [4.78, 5) is 8.02. The minimum absolute atomic E-state index is 0.398. The Balaban J connectivity index is 2.48. The fraction of sp³-hybridized carbons (Fsp3) is 0. The van der Waals surface area contributed by atoms with Gasteiger partial charge in [-0.25, -0.2) is 4.98 Å². The Labute approximate surface area is 74.7 Å². The highest BCUT2D eigenvalue weighted by atomic mass is 15.1. The predicted octanol–water partition coefficient (Wildman–Crippen LogP) is 0.516. The highest BCUT2D eigenvalue weighted by molar-refractivity contribution is 5.57. The first kappa shape index (κ1) is 7.60. The standard InChI is InChI=1S/C8H7N5/c9-8-5-10-4-7(13-8)6-1-2-11-12-3-6/h1-5H,(H2,9,13). The molecule has 0 aliphatic heterocycles. The lowest BCUT2D eigenvalue weighted by Gasteiger charge is -1.98. The normalized spacial score (nSPS) is 9.85.